The molecule has 0 amide bonds. The first-order valence-electron chi connectivity index (χ1n) is 7.44. The Bertz CT molecular complexity index is 569. The minimum Gasteiger partial charge on any atom is -0.356 e. The smallest absolute Gasteiger partial charge is 0.190 e. The average molecular weight is 448 g/mol. The SMILES string of the molecule is CN=C(NCCCn1cccn1)NCCc1ccc(Cl)cc1.I. The van der Waals surface area contributed by atoms with Crippen molar-refractivity contribution >= 4 is 41.5 Å². The fourth-order valence-electron chi connectivity index (χ4n) is 2.08. The minimum absolute atomic E-state index is 0. The number of halogens is 2. The van der Waals surface area contributed by atoms with E-state index in [-0.39, 0.29) is 24.0 Å². The van der Waals surface area contributed by atoms with E-state index >= 15 is 0 Å². The van der Waals surface area contributed by atoms with E-state index in [9.17, 15) is 0 Å². The standard InChI is InChI=1S/C16H22ClN5.HI/c1-18-16(19-9-2-12-22-13-3-10-21-22)20-11-8-14-4-6-15(17)7-5-14;/h3-7,10,13H,2,8-9,11-12H2,1H3,(H2,18,19,20);1H. The highest BCUT2D eigenvalue weighted by Gasteiger charge is 1.98. The number of hydrogen-bond donors (Lipinski definition) is 2. The Kier molecular flexibility index (Phi) is 9.70. The number of aliphatic imine (C=N–C) groups is 1. The third kappa shape index (κ3) is 7.69. The first-order valence-corrected chi connectivity index (χ1v) is 7.82. The maximum atomic E-state index is 5.88. The molecule has 1 aromatic carbocycles. The van der Waals surface area contributed by atoms with Crippen LogP contribution in [-0.2, 0) is 13.0 Å². The predicted octanol–water partition coefficient (Wildman–Crippen LogP) is 2.95. The first-order chi connectivity index (χ1) is 10.8. The van der Waals surface area contributed by atoms with Crippen molar-refractivity contribution in [3.8, 4) is 0 Å². The Hall–Kier alpha value is -1.28. The van der Waals surface area contributed by atoms with Crippen LogP contribution >= 0.6 is 35.6 Å². The summed E-state index contributed by atoms with van der Waals surface area (Å²) in [6.07, 6.45) is 5.70. The summed E-state index contributed by atoms with van der Waals surface area (Å²) < 4.78 is 1.93. The molecule has 0 atom stereocenters. The fraction of sp³-hybridized carbons (Fsp3) is 0.375. The largest absolute Gasteiger partial charge is 0.356 e. The highest BCUT2D eigenvalue weighted by atomic mass is 127. The number of guanidine groups is 1. The zero-order valence-corrected chi connectivity index (χ0v) is 16.3. The molecular weight excluding hydrogens is 425 g/mol. The summed E-state index contributed by atoms with van der Waals surface area (Å²) in [6, 6.07) is 9.86. The van der Waals surface area contributed by atoms with Gasteiger partial charge in [0.05, 0.1) is 0 Å². The second-order valence-corrected chi connectivity index (χ2v) is 5.36. The normalized spacial score (nSPS) is 11.0. The quantitative estimate of drug-likeness (QED) is 0.297. The average Bonchev–Trinajstić information content (AvgIpc) is 3.05. The number of rotatable bonds is 7. The van der Waals surface area contributed by atoms with Gasteiger partial charge >= 0.3 is 0 Å². The predicted molar refractivity (Wildman–Crippen MR) is 107 cm³/mol. The van der Waals surface area contributed by atoms with Gasteiger partial charge in [-0.3, -0.25) is 9.67 Å². The molecule has 0 fully saturated rings. The molecule has 0 unspecified atom stereocenters. The Balaban J connectivity index is 0.00000264. The van der Waals surface area contributed by atoms with Gasteiger partial charge < -0.3 is 10.6 Å². The zero-order valence-electron chi connectivity index (χ0n) is 13.2. The molecule has 0 bridgehead atoms. The summed E-state index contributed by atoms with van der Waals surface area (Å²) >= 11 is 5.88. The summed E-state index contributed by atoms with van der Waals surface area (Å²) in [5.41, 5.74) is 1.26. The van der Waals surface area contributed by atoms with Crippen LogP contribution in [0.5, 0.6) is 0 Å². The lowest BCUT2D eigenvalue weighted by Gasteiger charge is -2.12. The lowest BCUT2D eigenvalue weighted by molar-refractivity contribution is 0.570. The van der Waals surface area contributed by atoms with Crippen LogP contribution in [0, 0.1) is 0 Å². The third-order valence-corrected chi connectivity index (χ3v) is 3.51. The van der Waals surface area contributed by atoms with E-state index in [1.807, 2.05) is 41.2 Å². The second kappa shape index (κ2) is 11.3. The molecule has 23 heavy (non-hydrogen) atoms. The highest BCUT2D eigenvalue weighted by Crippen LogP contribution is 2.09. The minimum atomic E-state index is 0. The van der Waals surface area contributed by atoms with E-state index in [4.69, 9.17) is 11.6 Å². The van der Waals surface area contributed by atoms with Crippen LogP contribution in [0.4, 0.5) is 0 Å². The van der Waals surface area contributed by atoms with E-state index in [0.29, 0.717) is 0 Å². The van der Waals surface area contributed by atoms with Crippen LogP contribution < -0.4 is 10.6 Å². The van der Waals surface area contributed by atoms with Gasteiger partial charge in [-0.25, -0.2) is 0 Å². The molecule has 0 aliphatic rings. The molecule has 5 nitrogen and oxygen atoms in total. The maximum absolute atomic E-state index is 5.88. The Morgan fingerprint density at radius 1 is 1.22 bits per heavy atom. The summed E-state index contributed by atoms with van der Waals surface area (Å²) in [7, 11) is 1.78. The fourth-order valence-corrected chi connectivity index (χ4v) is 2.20. The summed E-state index contributed by atoms with van der Waals surface area (Å²) in [4.78, 5) is 4.22. The maximum Gasteiger partial charge on any atom is 0.190 e. The van der Waals surface area contributed by atoms with Gasteiger partial charge in [-0.2, -0.15) is 5.10 Å². The summed E-state index contributed by atoms with van der Waals surface area (Å²) in [5.74, 6) is 0.828. The van der Waals surface area contributed by atoms with Gasteiger partial charge in [-0.15, -0.1) is 24.0 Å². The highest BCUT2D eigenvalue weighted by molar-refractivity contribution is 14.0. The number of hydrogen-bond acceptors (Lipinski definition) is 2. The molecule has 2 N–H and O–H groups in total. The summed E-state index contributed by atoms with van der Waals surface area (Å²) in [5, 5.41) is 11.6. The van der Waals surface area contributed by atoms with Gasteiger partial charge in [0.1, 0.15) is 0 Å². The van der Waals surface area contributed by atoms with E-state index < -0.39 is 0 Å². The lowest BCUT2D eigenvalue weighted by atomic mass is 10.1. The Labute approximate surface area is 159 Å². The molecule has 0 saturated heterocycles. The molecule has 0 aliphatic carbocycles. The molecule has 0 spiro atoms. The van der Waals surface area contributed by atoms with Gasteiger partial charge in [-0.05, 0) is 36.6 Å². The molecule has 0 aliphatic heterocycles. The van der Waals surface area contributed by atoms with Crippen LogP contribution in [0.3, 0.4) is 0 Å². The van der Waals surface area contributed by atoms with Gasteiger partial charge in [0.25, 0.3) is 0 Å². The Morgan fingerprint density at radius 3 is 2.61 bits per heavy atom. The lowest BCUT2D eigenvalue weighted by Crippen LogP contribution is -2.39. The molecule has 7 heteroatoms. The van der Waals surface area contributed by atoms with Crippen molar-refractivity contribution in [2.75, 3.05) is 20.1 Å². The van der Waals surface area contributed by atoms with Crippen LogP contribution in [0.2, 0.25) is 5.02 Å². The molecule has 2 aromatic rings. The third-order valence-electron chi connectivity index (χ3n) is 3.26. The number of aryl methyl sites for hydroxylation is 1. The van der Waals surface area contributed by atoms with Gasteiger partial charge in [-0.1, -0.05) is 23.7 Å². The molecule has 1 heterocycles. The molecule has 1 aromatic heterocycles. The Morgan fingerprint density at radius 2 is 1.96 bits per heavy atom. The molecule has 126 valence electrons. The first kappa shape index (κ1) is 19.8. The van der Waals surface area contributed by atoms with Crippen molar-refractivity contribution in [2.45, 2.75) is 19.4 Å². The van der Waals surface area contributed by atoms with Crippen LogP contribution in [0.1, 0.15) is 12.0 Å². The topological polar surface area (TPSA) is 54.2 Å². The molecule has 2 rings (SSSR count). The second-order valence-electron chi connectivity index (χ2n) is 4.92. The summed E-state index contributed by atoms with van der Waals surface area (Å²) in [6.45, 7) is 2.60. The van der Waals surface area contributed by atoms with Crippen molar-refractivity contribution in [1.82, 2.24) is 20.4 Å². The van der Waals surface area contributed by atoms with Crippen molar-refractivity contribution in [3.63, 3.8) is 0 Å². The molecule has 0 saturated carbocycles. The number of nitrogens with one attached hydrogen (secondary N) is 2. The zero-order chi connectivity index (χ0) is 15.6. The van der Waals surface area contributed by atoms with E-state index in [2.05, 4.69) is 20.7 Å². The van der Waals surface area contributed by atoms with Gasteiger partial charge in [0.15, 0.2) is 5.96 Å². The van der Waals surface area contributed by atoms with Gasteiger partial charge in [0, 0.05) is 44.1 Å². The monoisotopic (exact) mass is 447 g/mol. The molecule has 0 radical (unpaired) electrons. The van der Waals surface area contributed by atoms with E-state index in [0.717, 1.165) is 43.5 Å². The van der Waals surface area contributed by atoms with E-state index in [1.165, 1.54) is 5.56 Å². The number of nitrogens with zero attached hydrogens (tertiary/aromatic N) is 3. The van der Waals surface area contributed by atoms with Crippen LogP contribution in [0.25, 0.3) is 0 Å². The van der Waals surface area contributed by atoms with Crippen molar-refractivity contribution in [3.05, 3.63) is 53.3 Å². The van der Waals surface area contributed by atoms with Crippen molar-refractivity contribution < 1.29 is 0 Å². The number of benzene rings is 1. The van der Waals surface area contributed by atoms with Crippen molar-refractivity contribution in [2.24, 2.45) is 4.99 Å². The van der Waals surface area contributed by atoms with Crippen LogP contribution in [-0.4, -0.2) is 35.9 Å². The molecular formula is C16H23ClIN5. The van der Waals surface area contributed by atoms with Crippen LogP contribution in [0.15, 0.2) is 47.7 Å². The van der Waals surface area contributed by atoms with E-state index in [1.54, 1.807) is 13.2 Å². The number of aromatic nitrogens is 2. The van der Waals surface area contributed by atoms with Gasteiger partial charge in [0.2, 0.25) is 0 Å². The van der Waals surface area contributed by atoms with Crippen molar-refractivity contribution in [1.29, 1.82) is 0 Å².